The number of rotatable bonds is 6. The van der Waals surface area contributed by atoms with Crippen LogP contribution < -0.4 is 5.32 Å². The second-order valence-corrected chi connectivity index (χ2v) is 5.65. The zero-order valence-corrected chi connectivity index (χ0v) is 13.3. The quantitative estimate of drug-likeness (QED) is 0.496. The van der Waals surface area contributed by atoms with Gasteiger partial charge < -0.3 is 15.0 Å². The lowest BCUT2D eigenvalue weighted by atomic mass is 10.3. The number of carbonyl (C=O) groups is 1. The number of thiocarbonyl (C=S) groups is 1. The van der Waals surface area contributed by atoms with Crippen molar-refractivity contribution in [2.75, 3.05) is 25.5 Å². The van der Waals surface area contributed by atoms with Crippen molar-refractivity contribution in [1.29, 1.82) is 0 Å². The van der Waals surface area contributed by atoms with Gasteiger partial charge in [-0.05, 0) is 25.2 Å². The molecule has 1 aromatic rings. The maximum Gasteiger partial charge on any atom is 0.340 e. The van der Waals surface area contributed by atoms with E-state index in [1.54, 1.807) is 18.2 Å². The average molecular weight is 310 g/mol. The van der Waals surface area contributed by atoms with E-state index in [0.717, 1.165) is 4.88 Å². The number of nitrogens with zero attached hydrogens (tertiary/aromatic N) is 1. The van der Waals surface area contributed by atoms with Crippen molar-refractivity contribution in [3.05, 3.63) is 41.8 Å². The van der Waals surface area contributed by atoms with E-state index in [2.05, 4.69) is 18.5 Å². The molecule has 0 fully saturated rings. The Kier molecular flexibility index (Phi) is 6.41. The lowest BCUT2D eigenvalue weighted by molar-refractivity contribution is 0.0602. The van der Waals surface area contributed by atoms with Crippen molar-refractivity contribution in [3.8, 4) is 0 Å². The van der Waals surface area contributed by atoms with Crippen molar-refractivity contribution in [2.24, 2.45) is 0 Å². The summed E-state index contributed by atoms with van der Waals surface area (Å²) < 4.78 is 4.77. The zero-order chi connectivity index (χ0) is 15.1. The first-order chi connectivity index (χ1) is 9.53. The molecule has 0 amide bonds. The predicted molar refractivity (Wildman–Crippen MR) is 88.6 cm³/mol. The summed E-state index contributed by atoms with van der Waals surface area (Å²) in [4.78, 5) is 14.6. The summed E-state index contributed by atoms with van der Waals surface area (Å²) in [6.45, 7) is 10.5. The van der Waals surface area contributed by atoms with Crippen LogP contribution in [0, 0.1) is 6.92 Å². The molecule has 0 radical (unpaired) electrons. The fourth-order valence-corrected chi connectivity index (χ4v) is 2.81. The Hall–Kier alpha value is -1.66. The van der Waals surface area contributed by atoms with Gasteiger partial charge in [0.05, 0.1) is 12.7 Å². The minimum Gasteiger partial charge on any atom is -0.465 e. The second-order valence-electron chi connectivity index (χ2n) is 4.00. The Morgan fingerprint density at radius 3 is 2.60 bits per heavy atom. The molecule has 1 aromatic heterocycles. The number of hydrogen-bond donors (Lipinski definition) is 1. The molecule has 0 aliphatic rings. The summed E-state index contributed by atoms with van der Waals surface area (Å²) >= 11 is 6.82. The van der Waals surface area contributed by atoms with Gasteiger partial charge in [0.2, 0.25) is 0 Å². The second kappa shape index (κ2) is 7.81. The van der Waals surface area contributed by atoms with Crippen LogP contribution in [-0.4, -0.2) is 36.2 Å². The fourth-order valence-electron chi connectivity index (χ4n) is 1.60. The van der Waals surface area contributed by atoms with Gasteiger partial charge in [-0.25, -0.2) is 4.79 Å². The Morgan fingerprint density at radius 1 is 1.50 bits per heavy atom. The summed E-state index contributed by atoms with van der Waals surface area (Å²) in [6.07, 6.45) is 3.52. The van der Waals surface area contributed by atoms with Gasteiger partial charge in [0.1, 0.15) is 5.00 Å². The average Bonchev–Trinajstić information content (AvgIpc) is 2.78. The topological polar surface area (TPSA) is 41.6 Å². The summed E-state index contributed by atoms with van der Waals surface area (Å²) in [6, 6.07) is 1.78. The number of carbonyl (C=O) groups excluding carboxylic acids is 1. The molecule has 0 bridgehead atoms. The molecule has 0 atom stereocenters. The molecular weight excluding hydrogens is 292 g/mol. The van der Waals surface area contributed by atoms with E-state index >= 15 is 0 Å². The van der Waals surface area contributed by atoms with Crippen molar-refractivity contribution in [3.63, 3.8) is 0 Å². The van der Waals surface area contributed by atoms with Gasteiger partial charge in [0.25, 0.3) is 0 Å². The van der Waals surface area contributed by atoms with Crippen molar-refractivity contribution < 1.29 is 9.53 Å². The number of aryl methyl sites for hydroxylation is 1. The summed E-state index contributed by atoms with van der Waals surface area (Å²) in [5.74, 6) is -0.376. The van der Waals surface area contributed by atoms with Crippen LogP contribution in [0.2, 0.25) is 0 Å². The van der Waals surface area contributed by atoms with Gasteiger partial charge in [0.15, 0.2) is 5.11 Å². The molecule has 1 heterocycles. The van der Waals surface area contributed by atoms with E-state index in [-0.39, 0.29) is 5.97 Å². The molecule has 20 heavy (non-hydrogen) atoms. The van der Waals surface area contributed by atoms with E-state index < -0.39 is 0 Å². The molecule has 1 N–H and O–H groups in total. The Labute approximate surface area is 128 Å². The lowest BCUT2D eigenvalue weighted by Gasteiger charge is -2.22. The summed E-state index contributed by atoms with van der Waals surface area (Å²) in [7, 11) is 1.36. The number of hydrogen-bond acceptors (Lipinski definition) is 4. The van der Waals surface area contributed by atoms with Gasteiger partial charge in [-0.3, -0.25) is 0 Å². The van der Waals surface area contributed by atoms with Crippen LogP contribution >= 0.6 is 23.6 Å². The van der Waals surface area contributed by atoms with Crippen LogP contribution in [0.25, 0.3) is 0 Å². The van der Waals surface area contributed by atoms with Crippen LogP contribution in [0.5, 0.6) is 0 Å². The molecule has 0 aliphatic carbocycles. The minimum absolute atomic E-state index is 0.376. The largest absolute Gasteiger partial charge is 0.465 e. The zero-order valence-electron chi connectivity index (χ0n) is 11.6. The minimum atomic E-state index is -0.376. The maximum absolute atomic E-state index is 11.7. The molecular formula is C14H18N2O2S2. The number of esters is 1. The SMILES string of the molecule is C=CCN(CC=C)C(=S)Nc1sc(C)cc1C(=O)OC. The molecule has 108 valence electrons. The van der Waals surface area contributed by atoms with Crippen LogP contribution in [0.1, 0.15) is 15.2 Å². The van der Waals surface area contributed by atoms with Gasteiger partial charge in [-0.2, -0.15) is 0 Å². The molecule has 1 rings (SSSR count). The van der Waals surface area contributed by atoms with E-state index in [0.29, 0.717) is 28.8 Å². The number of ether oxygens (including phenoxy) is 1. The van der Waals surface area contributed by atoms with E-state index in [1.807, 2.05) is 11.8 Å². The lowest BCUT2D eigenvalue weighted by Crippen LogP contribution is -2.35. The van der Waals surface area contributed by atoms with Crippen LogP contribution in [-0.2, 0) is 4.74 Å². The highest BCUT2D eigenvalue weighted by molar-refractivity contribution is 7.80. The highest BCUT2D eigenvalue weighted by atomic mass is 32.1. The molecule has 0 unspecified atom stereocenters. The standard InChI is InChI=1S/C14H18N2O2S2/c1-5-7-16(8-6-2)14(19)15-12-11(13(17)18-4)9-10(3)20-12/h5-6,9H,1-2,7-8H2,3-4H3,(H,15,19). The monoisotopic (exact) mass is 310 g/mol. The Balaban J connectivity index is 2.91. The van der Waals surface area contributed by atoms with Crippen molar-refractivity contribution in [1.82, 2.24) is 4.90 Å². The van der Waals surface area contributed by atoms with E-state index in [1.165, 1.54) is 18.4 Å². The normalized spacial score (nSPS) is 9.70. The molecule has 4 nitrogen and oxygen atoms in total. The first-order valence-corrected chi connectivity index (χ1v) is 7.22. The number of anilines is 1. The summed E-state index contributed by atoms with van der Waals surface area (Å²) in [5, 5.41) is 4.31. The molecule has 0 aromatic carbocycles. The third-order valence-corrected chi connectivity index (χ3v) is 3.79. The van der Waals surface area contributed by atoms with E-state index in [9.17, 15) is 4.79 Å². The number of methoxy groups -OCH3 is 1. The van der Waals surface area contributed by atoms with Crippen molar-refractivity contribution >= 4 is 39.6 Å². The number of thiophene rings is 1. The first kappa shape index (κ1) is 16.4. The van der Waals surface area contributed by atoms with Gasteiger partial charge in [0, 0.05) is 18.0 Å². The van der Waals surface area contributed by atoms with Gasteiger partial charge in [-0.15, -0.1) is 24.5 Å². The fraction of sp³-hybridized carbons (Fsp3) is 0.286. The maximum atomic E-state index is 11.7. The summed E-state index contributed by atoms with van der Waals surface area (Å²) in [5.41, 5.74) is 0.495. The van der Waals surface area contributed by atoms with Crippen LogP contribution in [0.3, 0.4) is 0 Å². The van der Waals surface area contributed by atoms with Gasteiger partial charge in [-0.1, -0.05) is 12.2 Å². The smallest absolute Gasteiger partial charge is 0.340 e. The first-order valence-electron chi connectivity index (χ1n) is 6.00. The van der Waals surface area contributed by atoms with Crippen LogP contribution in [0.4, 0.5) is 5.00 Å². The predicted octanol–water partition coefficient (Wildman–Crippen LogP) is 3.21. The van der Waals surface area contributed by atoms with Crippen LogP contribution in [0.15, 0.2) is 31.4 Å². The van der Waals surface area contributed by atoms with E-state index in [4.69, 9.17) is 17.0 Å². The van der Waals surface area contributed by atoms with Gasteiger partial charge >= 0.3 is 5.97 Å². The molecule has 0 spiro atoms. The molecule has 6 heteroatoms. The third kappa shape index (κ3) is 4.18. The highest BCUT2D eigenvalue weighted by Gasteiger charge is 2.17. The Bertz CT molecular complexity index is 513. The third-order valence-electron chi connectivity index (χ3n) is 2.47. The number of nitrogens with one attached hydrogen (secondary N) is 1. The highest BCUT2D eigenvalue weighted by Crippen LogP contribution is 2.28. The van der Waals surface area contributed by atoms with Crippen molar-refractivity contribution in [2.45, 2.75) is 6.92 Å². The molecule has 0 saturated carbocycles. The molecule has 0 aliphatic heterocycles. The molecule has 0 saturated heterocycles. The Morgan fingerprint density at radius 2 is 2.10 bits per heavy atom.